The Kier molecular flexibility index (Phi) is 5.63. The minimum absolute atomic E-state index is 0.145. The minimum Gasteiger partial charge on any atom is -0.493 e. The van der Waals surface area contributed by atoms with Crippen LogP contribution in [0.2, 0.25) is 0 Å². The summed E-state index contributed by atoms with van der Waals surface area (Å²) in [4.78, 5) is 17.0. The molecule has 0 atom stereocenters. The predicted octanol–water partition coefficient (Wildman–Crippen LogP) is 5.11. The second-order valence-corrected chi connectivity index (χ2v) is 6.08. The number of nitrogens with zero attached hydrogens (tertiary/aromatic N) is 1. The molecule has 0 amide bonds. The van der Waals surface area contributed by atoms with Crippen LogP contribution in [-0.2, 0) is 10.9 Å². The maximum atomic E-state index is 12.9. The van der Waals surface area contributed by atoms with Crippen molar-refractivity contribution in [1.82, 2.24) is 4.98 Å². The monoisotopic (exact) mass is 405 g/mol. The summed E-state index contributed by atoms with van der Waals surface area (Å²) >= 11 is 0. The van der Waals surface area contributed by atoms with Crippen LogP contribution in [0, 0.1) is 0 Å². The van der Waals surface area contributed by atoms with Gasteiger partial charge in [0.05, 0.1) is 43.2 Å². The molecule has 3 rings (SSSR count). The summed E-state index contributed by atoms with van der Waals surface area (Å²) in [6, 6.07) is 9.34. The quantitative estimate of drug-likeness (QED) is 0.552. The predicted molar refractivity (Wildman–Crippen MR) is 101 cm³/mol. The summed E-state index contributed by atoms with van der Waals surface area (Å²) in [6.07, 6.45) is -4.46. The summed E-state index contributed by atoms with van der Waals surface area (Å²) in [5.74, 6) is 0.278. The highest BCUT2D eigenvalue weighted by molar-refractivity contribution is 6.01. The van der Waals surface area contributed by atoms with Crippen molar-refractivity contribution >= 4 is 16.9 Å². The highest BCUT2D eigenvalue weighted by atomic mass is 19.4. The van der Waals surface area contributed by atoms with Crippen molar-refractivity contribution in [3.63, 3.8) is 0 Å². The van der Waals surface area contributed by atoms with E-state index in [1.165, 1.54) is 26.4 Å². The lowest BCUT2D eigenvalue weighted by Gasteiger charge is -2.14. The molecule has 0 radical (unpaired) electrons. The Morgan fingerprint density at radius 3 is 2.17 bits per heavy atom. The van der Waals surface area contributed by atoms with Crippen LogP contribution in [0.5, 0.6) is 11.5 Å². The standard InChI is InChI=1S/C21H18F3NO4/c1-4-29-20(26)15-9-13-10-17(27-2)18(28-3)11-16(13)25-19(15)12-5-7-14(8-6-12)21(22,23)24/h5-11H,4H2,1-3H3. The van der Waals surface area contributed by atoms with E-state index in [0.29, 0.717) is 28.0 Å². The van der Waals surface area contributed by atoms with Gasteiger partial charge in [0.1, 0.15) is 0 Å². The zero-order valence-corrected chi connectivity index (χ0v) is 16.0. The third-order valence-electron chi connectivity index (χ3n) is 4.30. The first-order chi connectivity index (χ1) is 13.8. The van der Waals surface area contributed by atoms with Crippen molar-refractivity contribution in [3.05, 3.63) is 53.6 Å². The minimum atomic E-state index is -4.46. The van der Waals surface area contributed by atoms with Crippen molar-refractivity contribution in [1.29, 1.82) is 0 Å². The number of pyridine rings is 1. The molecular weight excluding hydrogens is 387 g/mol. The Bertz CT molecular complexity index is 1050. The van der Waals surface area contributed by atoms with E-state index in [2.05, 4.69) is 4.98 Å². The molecule has 2 aromatic carbocycles. The normalized spacial score (nSPS) is 11.4. The average molecular weight is 405 g/mol. The fraction of sp³-hybridized carbons (Fsp3) is 0.238. The van der Waals surface area contributed by atoms with Crippen LogP contribution in [0.15, 0.2) is 42.5 Å². The second kappa shape index (κ2) is 7.98. The topological polar surface area (TPSA) is 57.7 Å². The number of ether oxygens (including phenoxy) is 3. The van der Waals surface area contributed by atoms with Crippen molar-refractivity contribution in [2.24, 2.45) is 0 Å². The van der Waals surface area contributed by atoms with Crippen LogP contribution in [0.25, 0.3) is 22.2 Å². The summed E-state index contributed by atoms with van der Waals surface area (Å²) in [6.45, 7) is 1.81. The number of fused-ring (bicyclic) bond motifs is 1. The molecule has 0 aliphatic rings. The van der Waals surface area contributed by atoms with E-state index in [1.54, 1.807) is 25.1 Å². The molecule has 29 heavy (non-hydrogen) atoms. The Labute approximate surface area is 165 Å². The first-order valence-electron chi connectivity index (χ1n) is 8.70. The summed E-state index contributed by atoms with van der Waals surface area (Å²) < 4.78 is 54.3. The van der Waals surface area contributed by atoms with E-state index in [-0.39, 0.29) is 17.9 Å². The van der Waals surface area contributed by atoms with E-state index < -0.39 is 17.7 Å². The highest BCUT2D eigenvalue weighted by Gasteiger charge is 2.30. The Balaban J connectivity index is 2.22. The van der Waals surface area contributed by atoms with Crippen LogP contribution >= 0.6 is 0 Å². The molecule has 0 unspecified atom stereocenters. The summed E-state index contributed by atoms with van der Waals surface area (Å²) in [5.41, 5.74) is 0.428. The lowest BCUT2D eigenvalue weighted by atomic mass is 10.0. The van der Waals surface area contributed by atoms with Gasteiger partial charge < -0.3 is 14.2 Å². The molecule has 1 aromatic heterocycles. The number of methoxy groups -OCH3 is 2. The van der Waals surface area contributed by atoms with Gasteiger partial charge in [-0.1, -0.05) is 12.1 Å². The van der Waals surface area contributed by atoms with Gasteiger partial charge in [-0.25, -0.2) is 9.78 Å². The number of carbonyl (C=O) groups excluding carboxylic acids is 1. The van der Waals surface area contributed by atoms with Crippen LogP contribution in [0.4, 0.5) is 13.2 Å². The van der Waals surface area contributed by atoms with Gasteiger partial charge in [0, 0.05) is 17.0 Å². The number of rotatable bonds is 5. The number of esters is 1. The molecule has 0 N–H and O–H groups in total. The number of hydrogen-bond donors (Lipinski definition) is 0. The largest absolute Gasteiger partial charge is 0.493 e. The SMILES string of the molecule is CCOC(=O)c1cc2cc(OC)c(OC)cc2nc1-c1ccc(C(F)(F)F)cc1. The second-order valence-electron chi connectivity index (χ2n) is 6.08. The van der Waals surface area contributed by atoms with Gasteiger partial charge in [-0.05, 0) is 31.2 Å². The number of halogens is 3. The van der Waals surface area contributed by atoms with Gasteiger partial charge in [0.2, 0.25) is 0 Å². The third kappa shape index (κ3) is 4.11. The molecule has 8 heteroatoms. The molecule has 3 aromatic rings. The molecule has 0 aliphatic carbocycles. The van der Waals surface area contributed by atoms with E-state index in [4.69, 9.17) is 14.2 Å². The van der Waals surface area contributed by atoms with Crippen LogP contribution in [0.3, 0.4) is 0 Å². The van der Waals surface area contributed by atoms with Gasteiger partial charge in [-0.2, -0.15) is 13.2 Å². The highest BCUT2D eigenvalue weighted by Crippen LogP contribution is 2.35. The maximum absolute atomic E-state index is 12.9. The van der Waals surface area contributed by atoms with Crippen LogP contribution in [-0.4, -0.2) is 31.8 Å². The van der Waals surface area contributed by atoms with E-state index in [9.17, 15) is 18.0 Å². The van der Waals surface area contributed by atoms with E-state index in [1.807, 2.05) is 0 Å². The third-order valence-corrected chi connectivity index (χ3v) is 4.30. The van der Waals surface area contributed by atoms with Gasteiger partial charge in [-0.3, -0.25) is 0 Å². The zero-order valence-electron chi connectivity index (χ0n) is 16.0. The number of benzene rings is 2. The number of aromatic nitrogens is 1. The smallest absolute Gasteiger partial charge is 0.416 e. The van der Waals surface area contributed by atoms with Crippen molar-refractivity contribution in [3.8, 4) is 22.8 Å². The number of hydrogen-bond acceptors (Lipinski definition) is 5. The molecule has 0 saturated heterocycles. The fourth-order valence-electron chi connectivity index (χ4n) is 2.90. The molecule has 0 fully saturated rings. The van der Waals surface area contributed by atoms with Crippen LogP contribution in [0.1, 0.15) is 22.8 Å². The Morgan fingerprint density at radius 2 is 1.62 bits per heavy atom. The summed E-state index contributed by atoms with van der Waals surface area (Å²) in [7, 11) is 2.97. The molecule has 152 valence electrons. The van der Waals surface area contributed by atoms with Crippen LogP contribution < -0.4 is 9.47 Å². The van der Waals surface area contributed by atoms with Crippen molar-refractivity contribution < 1.29 is 32.2 Å². The zero-order chi connectivity index (χ0) is 21.2. The average Bonchev–Trinajstić information content (AvgIpc) is 2.71. The molecule has 0 spiro atoms. The van der Waals surface area contributed by atoms with E-state index >= 15 is 0 Å². The van der Waals surface area contributed by atoms with Gasteiger partial charge >= 0.3 is 12.1 Å². The maximum Gasteiger partial charge on any atom is 0.416 e. The molecule has 0 bridgehead atoms. The molecule has 5 nitrogen and oxygen atoms in total. The molecule has 0 saturated carbocycles. The van der Waals surface area contributed by atoms with Crippen molar-refractivity contribution in [2.45, 2.75) is 13.1 Å². The van der Waals surface area contributed by atoms with Crippen molar-refractivity contribution in [2.75, 3.05) is 20.8 Å². The lowest BCUT2D eigenvalue weighted by Crippen LogP contribution is -2.09. The first-order valence-corrected chi connectivity index (χ1v) is 8.70. The van der Waals surface area contributed by atoms with Gasteiger partial charge in [-0.15, -0.1) is 0 Å². The number of alkyl halides is 3. The fourth-order valence-corrected chi connectivity index (χ4v) is 2.90. The first kappa shape index (κ1) is 20.4. The Hall–Kier alpha value is -3.29. The molecule has 0 aliphatic heterocycles. The van der Waals surface area contributed by atoms with Gasteiger partial charge in [0.25, 0.3) is 0 Å². The lowest BCUT2D eigenvalue weighted by molar-refractivity contribution is -0.137. The van der Waals surface area contributed by atoms with E-state index in [0.717, 1.165) is 12.1 Å². The molecular formula is C21H18F3NO4. The van der Waals surface area contributed by atoms with Gasteiger partial charge in [0.15, 0.2) is 11.5 Å². The number of carbonyl (C=O) groups is 1. The molecule has 1 heterocycles. The summed E-state index contributed by atoms with van der Waals surface area (Å²) in [5, 5.41) is 0.598. The Morgan fingerprint density at radius 1 is 1.00 bits per heavy atom.